The van der Waals surface area contributed by atoms with Crippen molar-refractivity contribution in [2.24, 2.45) is 15.7 Å². The fraction of sp³-hybridized carbons (Fsp3) is 0.481. The van der Waals surface area contributed by atoms with E-state index in [2.05, 4.69) is 57.9 Å². The van der Waals surface area contributed by atoms with Crippen LogP contribution in [0.2, 0.25) is 0 Å². The zero-order valence-electron chi connectivity index (χ0n) is 22.1. The van der Waals surface area contributed by atoms with Crippen LogP contribution in [0.5, 0.6) is 0 Å². The molecule has 1 aliphatic carbocycles. The Bertz CT molecular complexity index is 1120. The highest BCUT2D eigenvalue weighted by Crippen LogP contribution is 2.35. The van der Waals surface area contributed by atoms with Gasteiger partial charge in [-0.2, -0.15) is 0 Å². The summed E-state index contributed by atoms with van der Waals surface area (Å²) in [5.41, 5.74) is 10.6. The first-order valence-electron chi connectivity index (χ1n) is 12.9. The number of allylic oxidation sites excluding steroid dienone is 1. The van der Waals surface area contributed by atoms with E-state index in [1.54, 1.807) is 19.2 Å². The summed E-state index contributed by atoms with van der Waals surface area (Å²) in [5, 5.41) is 9.48. The molecule has 0 saturated carbocycles. The molecule has 2 aliphatic heterocycles. The number of amides is 1. The summed E-state index contributed by atoms with van der Waals surface area (Å²) in [6, 6.07) is 4.92. The SMILES string of the molecule is CCOC(=O)NC1=NC2CC(c3ccc(CN4C[C@H](C)NC[C@H]4C)nc3)=CC(C(C)N=C/C=C\N)=C2N1. The Hall–Kier alpha value is -3.50. The summed E-state index contributed by atoms with van der Waals surface area (Å²) in [4.78, 5) is 28.6. The Kier molecular flexibility index (Phi) is 8.73. The summed E-state index contributed by atoms with van der Waals surface area (Å²) >= 11 is 0. The smallest absolute Gasteiger partial charge is 0.413 e. The van der Waals surface area contributed by atoms with E-state index in [9.17, 15) is 4.79 Å². The molecule has 1 aromatic rings. The Labute approximate surface area is 218 Å². The molecule has 10 nitrogen and oxygen atoms in total. The van der Waals surface area contributed by atoms with Crippen LogP contribution in [-0.4, -0.2) is 72.0 Å². The van der Waals surface area contributed by atoms with Crippen molar-refractivity contribution in [1.29, 1.82) is 0 Å². The van der Waals surface area contributed by atoms with Crippen LogP contribution < -0.4 is 21.7 Å². The maximum atomic E-state index is 12.0. The van der Waals surface area contributed by atoms with Crippen LogP contribution in [0.3, 0.4) is 0 Å². The van der Waals surface area contributed by atoms with Crippen molar-refractivity contribution in [3.63, 3.8) is 0 Å². The number of nitrogens with zero attached hydrogens (tertiary/aromatic N) is 4. The Morgan fingerprint density at radius 1 is 1.41 bits per heavy atom. The van der Waals surface area contributed by atoms with E-state index < -0.39 is 6.09 Å². The van der Waals surface area contributed by atoms with Gasteiger partial charge >= 0.3 is 6.09 Å². The van der Waals surface area contributed by atoms with E-state index >= 15 is 0 Å². The number of fused-ring (bicyclic) bond motifs is 1. The lowest BCUT2D eigenvalue weighted by atomic mass is 9.87. The van der Waals surface area contributed by atoms with Gasteiger partial charge in [-0.3, -0.25) is 20.2 Å². The van der Waals surface area contributed by atoms with Gasteiger partial charge in [0.2, 0.25) is 5.96 Å². The van der Waals surface area contributed by atoms with Gasteiger partial charge in [0, 0.05) is 56.2 Å². The highest BCUT2D eigenvalue weighted by atomic mass is 16.5. The number of aliphatic imine (C=N–C) groups is 2. The Balaban J connectivity index is 1.55. The third-order valence-corrected chi connectivity index (χ3v) is 6.83. The largest absolute Gasteiger partial charge is 0.450 e. The minimum Gasteiger partial charge on any atom is -0.450 e. The molecule has 0 radical (unpaired) electrons. The van der Waals surface area contributed by atoms with Crippen molar-refractivity contribution in [3.05, 3.63) is 59.2 Å². The van der Waals surface area contributed by atoms with E-state index in [1.165, 1.54) is 6.20 Å². The van der Waals surface area contributed by atoms with Crippen LogP contribution in [0.15, 0.2) is 57.9 Å². The van der Waals surface area contributed by atoms with Crippen LogP contribution in [0.1, 0.15) is 45.4 Å². The number of hydrogen-bond acceptors (Lipinski definition) is 9. The molecule has 37 heavy (non-hydrogen) atoms. The van der Waals surface area contributed by atoms with E-state index in [-0.39, 0.29) is 18.7 Å². The third-order valence-electron chi connectivity index (χ3n) is 6.83. The van der Waals surface area contributed by atoms with Crippen LogP contribution >= 0.6 is 0 Å². The molecule has 0 aromatic carbocycles. The first-order valence-corrected chi connectivity index (χ1v) is 12.9. The van der Waals surface area contributed by atoms with Gasteiger partial charge in [-0.05, 0) is 62.7 Å². The third kappa shape index (κ3) is 6.64. The molecule has 198 valence electrons. The van der Waals surface area contributed by atoms with E-state index in [1.807, 2.05) is 13.1 Å². The summed E-state index contributed by atoms with van der Waals surface area (Å²) in [5.74, 6) is 0.386. The zero-order valence-corrected chi connectivity index (χ0v) is 22.1. The topological polar surface area (TPSA) is 129 Å². The van der Waals surface area contributed by atoms with Gasteiger partial charge in [0.1, 0.15) is 0 Å². The standard InChI is InChI=1S/C27H38N8O2/c1-5-37-27(36)34-26-32-24-12-21(11-23(25(24)33-26)19(4)29-10-6-9-28)20-7-8-22(31-14-20)16-35-15-17(2)30-13-18(35)3/h6-11,14,17-19,24,30H,5,12-13,15-16,28H2,1-4H3,(H2,32,33,34,36)/b9-6-,29-10?/t17-,18+,19?,24?/m0/s1. The molecule has 1 amide bonds. The van der Waals surface area contributed by atoms with Gasteiger partial charge < -0.3 is 21.1 Å². The van der Waals surface area contributed by atoms with E-state index in [0.717, 1.165) is 47.7 Å². The van der Waals surface area contributed by atoms with Crippen molar-refractivity contribution in [1.82, 2.24) is 25.8 Å². The average Bonchev–Trinajstić information content (AvgIpc) is 3.28. The number of guanidine groups is 1. The van der Waals surface area contributed by atoms with Gasteiger partial charge in [0.25, 0.3) is 0 Å². The molecule has 4 atom stereocenters. The number of nitrogens with two attached hydrogens (primary N) is 1. The molecule has 1 fully saturated rings. The van der Waals surface area contributed by atoms with Gasteiger partial charge in [-0.25, -0.2) is 9.79 Å². The number of alkyl carbamates (subject to hydrolysis) is 1. The average molecular weight is 507 g/mol. The maximum absolute atomic E-state index is 12.0. The summed E-state index contributed by atoms with van der Waals surface area (Å²) in [6.07, 6.45) is 9.11. The number of piperazine rings is 1. The molecular formula is C27H38N8O2. The Morgan fingerprint density at radius 3 is 2.97 bits per heavy atom. The molecule has 0 bridgehead atoms. The number of carbonyl (C=O) groups is 1. The second-order valence-electron chi connectivity index (χ2n) is 9.69. The normalized spacial score (nSPS) is 25.0. The van der Waals surface area contributed by atoms with Crippen LogP contribution in [-0.2, 0) is 11.3 Å². The number of ether oxygens (including phenoxy) is 1. The second kappa shape index (κ2) is 12.2. The monoisotopic (exact) mass is 506 g/mol. The predicted octanol–water partition coefficient (Wildman–Crippen LogP) is 2.31. The van der Waals surface area contributed by atoms with Crippen LogP contribution in [0.25, 0.3) is 5.57 Å². The molecule has 2 unspecified atom stereocenters. The zero-order chi connectivity index (χ0) is 26.4. The lowest BCUT2D eigenvalue weighted by molar-refractivity contribution is 0.137. The number of rotatable bonds is 7. The summed E-state index contributed by atoms with van der Waals surface area (Å²) in [7, 11) is 0. The van der Waals surface area contributed by atoms with Crippen molar-refractivity contribution >= 4 is 23.8 Å². The quantitative estimate of drug-likeness (QED) is 0.418. The molecule has 5 N–H and O–H groups in total. The maximum Gasteiger partial charge on any atom is 0.413 e. The van der Waals surface area contributed by atoms with Crippen molar-refractivity contribution in [2.45, 2.75) is 64.8 Å². The number of aromatic nitrogens is 1. The number of carbonyl (C=O) groups excluding carboxylic acids is 1. The minimum atomic E-state index is -0.533. The van der Waals surface area contributed by atoms with Gasteiger partial charge in [-0.1, -0.05) is 12.1 Å². The van der Waals surface area contributed by atoms with Crippen LogP contribution in [0, 0.1) is 0 Å². The Morgan fingerprint density at radius 2 is 2.24 bits per heavy atom. The number of hydrogen-bond donors (Lipinski definition) is 4. The predicted molar refractivity (Wildman–Crippen MR) is 147 cm³/mol. The molecule has 0 spiro atoms. The van der Waals surface area contributed by atoms with Gasteiger partial charge in [-0.15, -0.1) is 0 Å². The van der Waals surface area contributed by atoms with Crippen LogP contribution in [0.4, 0.5) is 4.79 Å². The second-order valence-corrected chi connectivity index (χ2v) is 9.69. The number of pyridine rings is 1. The molecule has 3 heterocycles. The molecule has 1 saturated heterocycles. The molecule has 10 heteroatoms. The number of nitrogens with one attached hydrogen (secondary N) is 3. The van der Waals surface area contributed by atoms with E-state index in [4.69, 9.17) is 20.4 Å². The summed E-state index contributed by atoms with van der Waals surface area (Å²) in [6.45, 7) is 11.4. The lowest BCUT2D eigenvalue weighted by Gasteiger charge is -2.37. The van der Waals surface area contributed by atoms with Gasteiger partial charge in [0.05, 0.1) is 24.4 Å². The van der Waals surface area contributed by atoms with Gasteiger partial charge in [0.15, 0.2) is 0 Å². The van der Waals surface area contributed by atoms with Crippen molar-refractivity contribution in [3.8, 4) is 0 Å². The minimum absolute atomic E-state index is 0.142. The molecule has 4 rings (SSSR count). The highest BCUT2D eigenvalue weighted by molar-refractivity contribution is 5.97. The molecular weight excluding hydrogens is 468 g/mol. The first kappa shape index (κ1) is 26.6. The molecule has 1 aromatic heterocycles. The fourth-order valence-electron chi connectivity index (χ4n) is 4.83. The first-order chi connectivity index (χ1) is 17.9. The van der Waals surface area contributed by atoms with Crippen molar-refractivity contribution < 1.29 is 9.53 Å². The lowest BCUT2D eigenvalue weighted by Crippen LogP contribution is -2.53. The fourth-order valence-corrected chi connectivity index (χ4v) is 4.83. The summed E-state index contributed by atoms with van der Waals surface area (Å²) < 4.78 is 5.01. The molecule has 3 aliphatic rings. The van der Waals surface area contributed by atoms with Crippen molar-refractivity contribution in [2.75, 3.05) is 19.7 Å². The van der Waals surface area contributed by atoms with E-state index in [0.29, 0.717) is 24.5 Å². The highest BCUT2D eigenvalue weighted by Gasteiger charge is 2.32.